The van der Waals surface area contributed by atoms with Crippen molar-refractivity contribution in [3.05, 3.63) is 212 Å². The maximum absolute atomic E-state index is 7.15. The summed E-state index contributed by atoms with van der Waals surface area (Å²) in [5.74, 6) is 9.29. The van der Waals surface area contributed by atoms with Crippen LogP contribution in [-0.2, 0) is 0 Å². The third-order valence-electron chi connectivity index (χ3n) is 15.8. The first kappa shape index (κ1) is 43.8. The van der Waals surface area contributed by atoms with Crippen molar-refractivity contribution < 1.29 is 9.47 Å². The molecule has 13 rings (SSSR count). The fourth-order valence-electron chi connectivity index (χ4n) is 12.6. The first-order valence-electron chi connectivity index (χ1n) is 25.6. The summed E-state index contributed by atoms with van der Waals surface area (Å²) in [6.07, 6.45) is 22.7. The quantitative estimate of drug-likeness (QED) is 0.0631. The average molecular weight is 887 g/mol. The van der Waals surface area contributed by atoms with Gasteiger partial charge >= 0.3 is 0 Å². The number of rotatable bonds is 18. The predicted molar refractivity (Wildman–Crippen MR) is 280 cm³/mol. The summed E-state index contributed by atoms with van der Waals surface area (Å²) in [7, 11) is 0. The van der Waals surface area contributed by atoms with Gasteiger partial charge in [-0.1, -0.05) is 185 Å². The molecule has 6 aliphatic carbocycles. The van der Waals surface area contributed by atoms with Crippen LogP contribution in [0.1, 0.15) is 168 Å². The number of benzene rings is 7. The predicted octanol–water partition coefficient (Wildman–Crippen LogP) is 16.2. The highest BCUT2D eigenvalue weighted by atomic mass is 16.5. The van der Waals surface area contributed by atoms with Gasteiger partial charge in [0.1, 0.15) is 11.5 Å². The van der Waals surface area contributed by atoms with Crippen LogP contribution in [0.15, 0.2) is 146 Å². The van der Waals surface area contributed by atoms with E-state index in [2.05, 4.69) is 171 Å². The lowest BCUT2D eigenvalue weighted by Gasteiger charge is -2.43. The van der Waals surface area contributed by atoms with Crippen LogP contribution in [0, 0.1) is 36.5 Å². The maximum atomic E-state index is 7.15. The van der Waals surface area contributed by atoms with Crippen LogP contribution in [-0.4, -0.2) is 13.2 Å². The Morgan fingerprint density at radius 2 is 0.691 bits per heavy atom. The number of terminal acetylenes is 2. The smallest absolute Gasteiger partial charge is 0.131 e. The van der Waals surface area contributed by atoms with Gasteiger partial charge in [0.25, 0.3) is 0 Å². The lowest BCUT2D eigenvalue weighted by atomic mass is 9.60. The summed E-state index contributed by atoms with van der Waals surface area (Å²) in [6.45, 7) is 5.72. The number of ether oxygens (including phenoxy) is 2. The van der Waals surface area contributed by atoms with Crippen LogP contribution in [0.4, 0.5) is 0 Å². The van der Waals surface area contributed by atoms with Crippen molar-refractivity contribution in [3.8, 4) is 58.4 Å². The standard InChI is InChI=1S/C66H62O2/c1-5-9-21-43(7-3)23-19-41-67-65-47(37-39-57-59-49-25-11-15-29-53(49)61(63(57)65)54-30-16-12-26-50(54)59)45-33-35-46(36-34-45)48-38-40-58-60-51-27-13-17-31-55(51)62(56-32-18-14-28-52(56)60)64(58)66(48)68-42-20-24-44(8-4)22-10-6-2/h3-4,11-18,25-40,43-44,59-62H,5-6,9-10,19-24,41-42H2,1-2H3. The third-order valence-corrected chi connectivity index (χ3v) is 15.8. The van der Waals surface area contributed by atoms with E-state index >= 15 is 0 Å². The summed E-state index contributed by atoms with van der Waals surface area (Å²) in [6, 6.07) is 54.9. The second-order valence-corrected chi connectivity index (χ2v) is 19.7. The second kappa shape index (κ2) is 19.1. The van der Waals surface area contributed by atoms with Crippen molar-refractivity contribution in [3.63, 3.8) is 0 Å². The van der Waals surface area contributed by atoms with Crippen LogP contribution in [0.5, 0.6) is 11.5 Å². The molecule has 0 spiro atoms. The van der Waals surface area contributed by atoms with Crippen LogP contribution >= 0.6 is 0 Å². The second-order valence-electron chi connectivity index (χ2n) is 19.7. The summed E-state index contributed by atoms with van der Waals surface area (Å²) in [5, 5.41) is 0. The molecular formula is C66H62O2. The van der Waals surface area contributed by atoms with Crippen molar-refractivity contribution in [2.45, 2.75) is 102 Å². The van der Waals surface area contributed by atoms with Crippen molar-refractivity contribution >= 4 is 0 Å². The van der Waals surface area contributed by atoms with Gasteiger partial charge in [0, 0.05) is 57.8 Å². The van der Waals surface area contributed by atoms with Crippen LogP contribution < -0.4 is 9.47 Å². The lowest BCUT2D eigenvalue weighted by Crippen LogP contribution is -2.28. The molecule has 0 saturated carbocycles. The van der Waals surface area contributed by atoms with Gasteiger partial charge < -0.3 is 9.47 Å². The molecule has 0 aliphatic heterocycles. The molecule has 0 heterocycles. The van der Waals surface area contributed by atoms with Crippen LogP contribution in [0.25, 0.3) is 22.3 Å². The molecule has 0 fully saturated rings. The monoisotopic (exact) mass is 886 g/mol. The average Bonchev–Trinajstić information content (AvgIpc) is 3.40. The first-order valence-corrected chi connectivity index (χ1v) is 25.6. The topological polar surface area (TPSA) is 18.5 Å². The Bertz CT molecular complexity index is 2760. The summed E-state index contributed by atoms with van der Waals surface area (Å²) in [4.78, 5) is 0. The summed E-state index contributed by atoms with van der Waals surface area (Å²) in [5.41, 5.74) is 21.1. The minimum absolute atomic E-state index is 0.1000. The highest BCUT2D eigenvalue weighted by Crippen LogP contribution is 2.61. The first-order chi connectivity index (χ1) is 33.6. The molecule has 68 heavy (non-hydrogen) atoms. The minimum atomic E-state index is 0.1000. The molecule has 2 heteroatoms. The van der Waals surface area contributed by atoms with E-state index in [0.29, 0.717) is 13.2 Å². The van der Waals surface area contributed by atoms with E-state index in [9.17, 15) is 0 Å². The molecule has 0 saturated heterocycles. The molecule has 2 atom stereocenters. The van der Waals surface area contributed by atoms with E-state index in [-0.39, 0.29) is 35.5 Å². The van der Waals surface area contributed by atoms with Gasteiger partial charge in [-0.3, -0.25) is 0 Å². The molecule has 338 valence electrons. The lowest BCUT2D eigenvalue weighted by molar-refractivity contribution is 0.294. The molecule has 2 nitrogen and oxygen atoms in total. The Morgan fingerprint density at radius 1 is 0.382 bits per heavy atom. The fraction of sp³-hybridized carbons (Fsp3) is 0.303. The van der Waals surface area contributed by atoms with Gasteiger partial charge in [-0.15, -0.1) is 24.7 Å². The van der Waals surface area contributed by atoms with E-state index in [4.69, 9.17) is 22.3 Å². The molecule has 4 bridgehead atoms. The van der Waals surface area contributed by atoms with E-state index in [1.54, 1.807) is 0 Å². The van der Waals surface area contributed by atoms with Gasteiger partial charge in [-0.2, -0.15) is 0 Å². The Morgan fingerprint density at radius 3 is 1.00 bits per heavy atom. The summed E-state index contributed by atoms with van der Waals surface area (Å²) < 4.78 is 14.3. The Hall–Kier alpha value is -6.74. The van der Waals surface area contributed by atoms with Crippen LogP contribution in [0.2, 0.25) is 0 Å². The Balaban J connectivity index is 0.982. The van der Waals surface area contributed by atoms with E-state index in [1.165, 1.54) is 66.8 Å². The zero-order valence-electron chi connectivity index (χ0n) is 39.8. The molecule has 0 radical (unpaired) electrons. The minimum Gasteiger partial charge on any atom is -0.493 e. The molecule has 0 amide bonds. The normalized spacial score (nSPS) is 18.1. The molecule has 7 aromatic rings. The fourth-order valence-corrected chi connectivity index (χ4v) is 12.6. The number of unbranched alkanes of at least 4 members (excludes halogenated alkanes) is 2. The van der Waals surface area contributed by atoms with Crippen molar-refractivity contribution in [1.29, 1.82) is 0 Å². The van der Waals surface area contributed by atoms with Crippen molar-refractivity contribution in [2.24, 2.45) is 11.8 Å². The van der Waals surface area contributed by atoms with Gasteiger partial charge in [0.2, 0.25) is 0 Å². The van der Waals surface area contributed by atoms with Crippen molar-refractivity contribution in [1.82, 2.24) is 0 Å². The highest BCUT2D eigenvalue weighted by Gasteiger charge is 2.45. The highest BCUT2D eigenvalue weighted by molar-refractivity contribution is 5.83. The molecule has 0 aromatic heterocycles. The summed E-state index contributed by atoms with van der Waals surface area (Å²) >= 11 is 0. The number of hydrogen-bond acceptors (Lipinski definition) is 2. The van der Waals surface area contributed by atoms with Gasteiger partial charge in [-0.05, 0) is 105 Å². The third kappa shape index (κ3) is 7.55. The molecular weight excluding hydrogens is 825 g/mol. The van der Waals surface area contributed by atoms with E-state index in [1.807, 2.05) is 0 Å². The van der Waals surface area contributed by atoms with E-state index < -0.39 is 0 Å². The SMILES string of the molecule is C#CC(CCCC)CCCOc1c(-c2ccc(-c3ccc4c(c3OCCCC(C#C)CCCC)C3c5ccccc5C4c4ccccc43)cc2)ccc2c1C1c3ccccc3C2c2ccccc21. The van der Waals surface area contributed by atoms with Gasteiger partial charge in [-0.25, -0.2) is 0 Å². The molecule has 2 unspecified atom stereocenters. The Kier molecular flexibility index (Phi) is 12.3. The number of hydrogen-bond donors (Lipinski definition) is 0. The molecule has 0 N–H and O–H groups in total. The zero-order valence-corrected chi connectivity index (χ0v) is 39.8. The van der Waals surface area contributed by atoms with Crippen molar-refractivity contribution in [2.75, 3.05) is 13.2 Å². The van der Waals surface area contributed by atoms with Gasteiger partial charge in [0.15, 0.2) is 0 Å². The largest absolute Gasteiger partial charge is 0.493 e. The van der Waals surface area contributed by atoms with Crippen LogP contribution in [0.3, 0.4) is 0 Å². The molecule has 7 aromatic carbocycles. The maximum Gasteiger partial charge on any atom is 0.131 e. The molecule has 6 aliphatic rings. The van der Waals surface area contributed by atoms with E-state index in [0.717, 1.165) is 98.0 Å². The Labute approximate surface area is 405 Å². The zero-order chi connectivity index (χ0) is 46.1. The van der Waals surface area contributed by atoms with Gasteiger partial charge in [0.05, 0.1) is 13.2 Å².